The molecule has 0 fully saturated rings. The van der Waals surface area contributed by atoms with Crippen LogP contribution in [0.2, 0.25) is 0 Å². The topological polar surface area (TPSA) is 93.2 Å². The fourth-order valence-electron chi connectivity index (χ4n) is 1.96. The zero-order valence-electron chi connectivity index (χ0n) is 11.5. The van der Waals surface area contributed by atoms with Gasteiger partial charge in [0.25, 0.3) is 5.91 Å². The van der Waals surface area contributed by atoms with E-state index in [0.29, 0.717) is 17.8 Å². The van der Waals surface area contributed by atoms with Crippen molar-refractivity contribution in [2.24, 2.45) is 5.84 Å². The number of furan rings is 1. The molecular formula is C14H18N4O2. The van der Waals surface area contributed by atoms with Crippen LogP contribution in [0.15, 0.2) is 34.9 Å². The van der Waals surface area contributed by atoms with Crippen molar-refractivity contribution in [2.75, 3.05) is 5.43 Å². The molecule has 106 valence electrons. The van der Waals surface area contributed by atoms with E-state index in [1.165, 1.54) is 0 Å². The highest BCUT2D eigenvalue weighted by atomic mass is 16.3. The molecule has 0 aliphatic heterocycles. The first-order valence-electron chi connectivity index (χ1n) is 6.37. The molecular weight excluding hydrogens is 256 g/mol. The molecule has 4 N–H and O–H groups in total. The number of hydrazine groups is 1. The van der Waals surface area contributed by atoms with E-state index in [1.807, 2.05) is 26.0 Å². The number of aryl methyl sites for hydroxylation is 1. The van der Waals surface area contributed by atoms with Crippen molar-refractivity contribution in [2.45, 2.75) is 26.3 Å². The summed E-state index contributed by atoms with van der Waals surface area (Å²) in [6.07, 6.45) is 2.26. The Morgan fingerprint density at radius 2 is 2.30 bits per heavy atom. The van der Waals surface area contributed by atoms with E-state index in [1.54, 1.807) is 18.4 Å². The van der Waals surface area contributed by atoms with Crippen LogP contribution in [-0.4, -0.2) is 16.9 Å². The van der Waals surface area contributed by atoms with E-state index in [4.69, 9.17) is 10.3 Å². The van der Waals surface area contributed by atoms with Crippen LogP contribution in [0.3, 0.4) is 0 Å². The summed E-state index contributed by atoms with van der Waals surface area (Å²) in [6.45, 7) is 3.74. The Kier molecular flexibility index (Phi) is 4.37. The number of amides is 1. The third-order valence-corrected chi connectivity index (χ3v) is 2.83. The Balaban J connectivity index is 2.02. The summed E-state index contributed by atoms with van der Waals surface area (Å²) in [6, 6.07) is 7.01. The largest absolute Gasteiger partial charge is 0.469 e. The molecule has 2 aromatic heterocycles. The summed E-state index contributed by atoms with van der Waals surface area (Å²) in [5.74, 6) is 6.47. The first-order valence-corrected chi connectivity index (χ1v) is 6.37. The molecule has 1 amide bonds. The molecule has 6 heteroatoms. The van der Waals surface area contributed by atoms with Crippen molar-refractivity contribution in [3.63, 3.8) is 0 Å². The van der Waals surface area contributed by atoms with Crippen LogP contribution in [0.25, 0.3) is 0 Å². The molecule has 0 saturated heterocycles. The first-order chi connectivity index (χ1) is 9.58. The summed E-state index contributed by atoms with van der Waals surface area (Å²) in [4.78, 5) is 16.3. The van der Waals surface area contributed by atoms with Gasteiger partial charge < -0.3 is 15.2 Å². The number of pyridine rings is 1. The quantitative estimate of drug-likeness (QED) is 0.569. The average Bonchev–Trinajstić information content (AvgIpc) is 2.90. The number of rotatable bonds is 5. The normalized spacial score (nSPS) is 11.9. The van der Waals surface area contributed by atoms with Crippen LogP contribution in [-0.2, 0) is 6.42 Å². The number of hydrogen-bond acceptors (Lipinski definition) is 5. The summed E-state index contributed by atoms with van der Waals surface area (Å²) in [7, 11) is 0. The van der Waals surface area contributed by atoms with Gasteiger partial charge in [0, 0.05) is 23.7 Å². The number of anilines is 1. The lowest BCUT2D eigenvalue weighted by Gasteiger charge is -2.13. The van der Waals surface area contributed by atoms with Gasteiger partial charge >= 0.3 is 0 Å². The highest BCUT2D eigenvalue weighted by Crippen LogP contribution is 2.10. The fourth-order valence-corrected chi connectivity index (χ4v) is 1.96. The number of nitrogens with zero attached hydrogens (tertiary/aromatic N) is 1. The Hall–Kier alpha value is -2.34. The van der Waals surface area contributed by atoms with Crippen molar-refractivity contribution in [3.05, 3.63) is 47.5 Å². The molecule has 2 aromatic rings. The predicted octanol–water partition coefficient (Wildman–Crippen LogP) is 1.63. The lowest BCUT2D eigenvalue weighted by molar-refractivity contribution is 0.0939. The Labute approximate surface area is 117 Å². The highest BCUT2D eigenvalue weighted by Gasteiger charge is 2.13. The minimum absolute atomic E-state index is 0.0311. The monoisotopic (exact) mass is 274 g/mol. The fraction of sp³-hybridized carbons (Fsp3) is 0.286. The molecule has 0 aromatic carbocycles. The average molecular weight is 274 g/mol. The van der Waals surface area contributed by atoms with Gasteiger partial charge in [-0.25, -0.2) is 10.8 Å². The molecule has 20 heavy (non-hydrogen) atoms. The van der Waals surface area contributed by atoms with Gasteiger partial charge in [0.15, 0.2) is 0 Å². The van der Waals surface area contributed by atoms with Gasteiger partial charge in [0.05, 0.1) is 6.26 Å². The molecule has 2 heterocycles. The van der Waals surface area contributed by atoms with Crippen LogP contribution in [0.5, 0.6) is 0 Å². The van der Waals surface area contributed by atoms with E-state index in [9.17, 15) is 4.79 Å². The molecule has 1 unspecified atom stereocenters. The van der Waals surface area contributed by atoms with Gasteiger partial charge in [0.1, 0.15) is 11.6 Å². The lowest BCUT2D eigenvalue weighted by atomic mass is 10.1. The standard InChI is InChI=1S/C14H18N4O2/c1-9-6-11(8-13(16-9)18-15)14(19)17-10(2)7-12-4-3-5-20-12/h3-6,8,10H,7,15H2,1-2H3,(H,16,18)(H,17,19). The summed E-state index contributed by atoms with van der Waals surface area (Å²) >= 11 is 0. The Bertz CT molecular complexity index is 581. The maximum atomic E-state index is 12.2. The van der Waals surface area contributed by atoms with Gasteiger partial charge in [-0.2, -0.15) is 0 Å². The minimum Gasteiger partial charge on any atom is -0.469 e. The second-order valence-electron chi connectivity index (χ2n) is 4.68. The SMILES string of the molecule is Cc1cc(C(=O)NC(C)Cc2ccco2)cc(NN)n1. The molecule has 6 nitrogen and oxygen atoms in total. The van der Waals surface area contributed by atoms with Crippen molar-refractivity contribution in [1.82, 2.24) is 10.3 Å². The van der Waals surface area contributed by atoms with Crippen LogP contribution in [0.1, 0.15) is 28.7 Å². The van der Waals surface area contributed by atoms with Crippen molar-refractivity contribution < 1.29 is 9.21 Å². The molecule has 0 aliphatic carbocycles. The van der Waals surface area contributed by atoms with E-state index in [0.717, 1.165) is 11.5 Å². The highest BCUT2D eigenvalue weighted by molar-refractivity contribution is 5.95. The van der Waals surface area contributed by atoms with Gasteiger partial charge in [0.2, 0.25) is 0 Å². The predicted molar refractivity (Wildman–Crippen MR) is 76.1 cm³/mol. The van der Waals surface area contributed by atoms with Crippen LogP contribution < -0.4 is 16.6 Å². The number of nitrogens with one attached hydrogen (secondary N) is 2. The van der Waals surface area contributed by atoms with Crippen molar-refractivity contribution in [1.29, 1.82) is 0 Å². The second kappa shape index (κ2) is 6.21. The number of carbonyl (C=O) groups is 1. The maximum Gasteiger partial charge on any atom is 0.251 e. The van der Waals surface area contributed by atoms with E-state index >= 15 is 0 Å². The zero-order valence-corrected chi connectivity index (χ0v) is 11.5. The Morgan fingerprint density at radius 1 is 1.50 bits per heavy atom. The second-order valence-corrected chi connectivity index (χ2v) is 4.68. The van der Waals surface area contributed by atoms with Gasteiger partial charge in [-0.15, -0.1) is 0 Å². The Morgan fingerprint density at radius 3 is 2.95 bits per heavy atom. The van der Waals surface area contributed by atoms with Crippen LogP contribution in [0, 0.1) is 6.92 Å². The lowest BCUT2D eigenvalue weighted by Crippen LogP contribution is -2.34. The van der Waals surface area contributed by atoms with Gasteiger partial charge in [-0.05, 0) is 38.1 Å². The number of hydrogen-bond donors (Lipinski definition) is 3. The van der Waals surface area contributed by atoms with Crippen molar-refractivity contribution in [3.8, 4) is 0 Å². The smallest absolute Gasteiger partial charge is 0.251 e. The number of nitrogen functional groups attached to an aromatic ring is 1. The number of aromatic nitrogens is 1. The van der Waals surface area contributed by atoms with Gasteiger partial charge in [-0.3, -0.25) is 4.79 Å². The van der Waals surface area contributed by atoms with E-state index in [-0.39, 0.29) is 11.9 Å². The van der Waals surface area contributed by atoms with Crippen molar-refractivity contribution >= 4 is 11.7 Å². The molecule has 0 saturated carbocycles. The zero-order chi connectivity index (χ0) is 14.5. The summed E-state index contributed by atoms with van der Waals surface area (Å²) in [5, 5.41) is 2.92. The third kappa shape index (κ3) is 3.58. The minimum atomic E-state index is -0.161. The molecule has 0 bridgehead atoms. The van der Waals surface area contributed by atoms with Gasteiger partial charge in [-0.1, -0.05) is 0 Å². The maximum absolute atomic E-state index is 12.2. The van der Waals surface area contributed by atoms with Crippen LogP contribution >= 0.6 is 0 Å². The summed E-state index contributed by atoms with van der Waals surface area (Å²) < 4.78 is 5.26. The first kappa shape index (κ1) is 14.1. The summed E-state index contributed by atoms with van der Waals surface area (Å²) in [5.41, 5.74) is 3.70. The van der Waals surface area contributed by atoms with Crippen LogP contribution in [0.4, 0.5) is 5.82 Å². The molecule has 1 atom stereocenters. The molecule has 0 spiro atoms. The molecule has 2 rings (SSSR count). The van der Waals surface area contributed by atoms with E-state index < -0.39 is 0 Å². The molecule has 0 aliphatic rings. The van der Waals surface area contributed by atoms with E-state index in [2.05, 4.69) is 15.7 Å². The molecule has 0 radical (unpaired) electrons. The third-order valence-electron chi connectivity index (χ3n) is 2.83. The number of nitrogens with two attached hydrogens (primary N) is 1. The number of carbonyl (C=O) groups excluding carboxylic acids is 1.